The van der Waals surface area contributed by atoms with Gasteiger partial charge < -0.3 is 10.2 Å². The standard InChI is InChI=1S/C15H28N2O2S/c1-7-11(9-20-6)17-12(10(3)4)13(18)16-15(5,8-2)14(17)19/h10-12H,7-9H2,1-6H3,(H,16,18). The van der Waals surface area contributed by atoms with E-state index in [1.54, 1.807) is 11.8 Å². The molecule has 1 fully saturated rings. The number of carbonyl (C=O) groups is 2. The van der Waals surface area contributed by atoms with Crippen LogP contribution in [-0.2, 0) is 9.59 Å². The molecular formula is C15H28N2O2S. The summed E-state index contributed by atoms with van der Waals surface area (Å²) in [7, 11) is 0. The fourth-order valence-electron chi connectivity index (χ4n) is 2.78. The number of carbonyl (C=O) groups excluding carboxylic acids is 2. The van der Waals surface area contributed by atoms with Crippen molar-refractivity contribution in [2.45, 2.75) is 65.1 Å². The lowest BCUT2D eigenvalue weighted by Crippen LogP contribution is -2.72. The van der Waals surface area contributed by atoms with Gasteiger partial charge in [-0.25, -0.2) is 0 Å². The number of hydrogen-bond acceptors (Lipinski definition) is 3. The average molecular weight is 300 g/mol. The van der Waals surface area contributed by atoms with Gasteiger partial charge in [0.2, 0.25) is 11.8 Å². The van der Waals surface area contributed by atoms with Gasteiger partial charge in [-0.2, -0.15) is 11.8 Å². The zero-order valence-electron chi connectivity index (χ0n) is 13.5. The van der Waals surface area contributed by atoms with Crippen LogP contribution >= 0.6 is 11.8 Å². The van der Waals surface area contributed by atoms with E-state index < -0.39 is 5.54 Å². The van der Waals surface area contributed by atoms with Gasteiger partial charge in [0.15, 0.2) is 0 Å². The van der Waals surface area contributed by atoms with Crippen molar-refractivity contribution in [2.75, 3.05) is 12.0 Å². The Balaban J connectivity index is 3.20. The van der Waals surface area contributed by atoms with Gasteiger partial charge >= 0.3 is 0 Å². The van der Waals surface area contributed by atoms with Crippen LogP contribution in [0.1, 0.15) is 47.5 Å². The van der Waals surface area contributed by atoms with E-state index in [2.05, 4.69) is 12.2 Å². The third-order valence-electron chi connectivity index (χ3n) is 4.24. The van der Waals surface area contributed by atoms with Gasteiger partial charge in [-0.3, -0.25) is 9.59 Å². The van der Waals surface area contributed by atoms with Crippen molar-refractivity contribution in [1.29, 1.82) is 0 Å². The number of thioether (sulfide) groups is 1. The molecule has 3 atom stereocenters. The van der Waals surface area contributed by atoms with Crippen molar-refractivity contribution in [1.82, 2.24) is 10.2 Å². The Bertz CT molecular complexity index is 373. The molecule has 0 radical (unpaired) electrons. The van der Waals surface area contributed by atoms with Gasteiger partial charge in [-0.05, 0) is 31.9 Å². The highest BCUT2D eigenvalue weighted by Crippen LogP contribution is 2.28. The Kier molecular flexibility index (Phi) is 5.92. The first kappa shape index (κ1) is 17.3. The first-order chi connectivity index (χ1) is 9.32. The highest BCUT2D eigenvalue weighted by atomic mass is 32.2. The lowest BCUT2D eigenvalue weighted by atomic mass is 9.87. The smallest absolute Gasteiger partial charge is 0.248 e. The summed E-state index contributed by atoms with van der Waals surface area (Å²) in [6, 6.07) is -0.221. The van der Waals surface area contributed by atoms with Crippen molar-refractivity contribution >= 4 is 23.6 Å². The minimum atomic E-state index is -0.756. The number of nitrogens with one attached hydrogen (secondary N) is 1. The highest BCUT2D eigenvalue weighted by Gasteiger charge is 2.49. The Morgan fingerprint density at radius 3 is 2.35 bits per heavy atom. The summed E-state index contributed by atoms with van der Waals surface area (Å²) in [6.07, 6.45) is 3.54. The molecule has 0 aromatic carbocycles. The van der Waals surface area contributed by atoms with Crippen molar-refractivity contribution in [3.8, 4) is 0 Å². The zero-order valence-corrected chi connectivity index (χ0v) is 14.3. The lowest BCUT2D eigenvalue weighted by molar-refractivity contribution is -0.159. The van der Waals surface area contributed by atoms with Crippen molar-refractivity contribution < 1.29 is 9.59 Å². The molecule has 0 aliphatic carbocycles. The average Bonchev–Trinajstić information content (AvgIpc) is 2.39. The third kappa shape index (κ3) is 3.13. The molecule has 0 aromatic rings. The SMILES string of the molecule is CCC(CSC)N1C(=O)C(C)(CC)NC(=O)C1C(C)C. The summed E-state index contributed by atoms with van der Waals surface area (Å²) in [5.74, 6) is 1.05. The molecule has 0 aromatic heterocycles. The van der Waals surface area contributed by atoms with E-state index >= 15 is 0 Å². The second-order valence-electron chi connectivity index (χ2n) is 6.09. The van der Waals surface area contributed by atoms with Crippen LogP contribution in [0.15, 0.2) is 0 Å². The predicted molar refractivity (Wildman–Crippen MR) is 84.8 cm³/mol. The first-order valence-corrected chi connectivity index (χ1v) is 8.85. The van der Waals surface area contributed by atoms with Crippen LogP contribution in [0.4, 0.5) is 0 Å². The maximum atomic E-state index is 12.9. The fourth-order valence-corrected chi connectivity index (χ4v) is 3.56. The maximum absolute atomic E-state index is 12.9. The molecule has 1 aliphatic rings. The quantitative estimate of drug-likeness (QED) is 0.819. The fraction of sp³-hybridized carbons (Fsp3) is 0.867. The molecule has 1 aliphatic heterocycles. The summed E-state index contributed by atoms with van der Waals surface area (Å²) in [5.41, 5.74) is -0.756. The maximum Gasteiger partial charge on any atom is 0.248 e. The van der Waals surface area contributed by atoms with Gasteiger partial charge in [0.05, 0.1) is 0 Å². The largest absolute Gasteiger partial charge is 0.340 e. The van der Waals surface area contributed by atoms with Gasteiger partial charge in [0, 0.05) is 11.8 Å². The van der Waals surface area contributed by atoms with E-state index in [0.717, 1.165) is 12.2 Å². The molecule has 5 heteroatoms. The topological polar surface area (TPSA) is 49.4 Å². The molecule has 1 rings (SSSR count). The Hall–Kier alpha value is -0.710. The molecule has 3 unspecified atom stereocenters. The Labute approximate surface area is 127 Å². The van der Waals surface area contributed by atoms with Crippen LogP contribution < -0.4 is 5.32 Å². The third-order valence-corrected chi connectivity index (χ3v) is 4.95. The Morgan fingerprint density at radius 2 is 1.95 bits per heavy atom. The number of rotatable bonds is 6. The van der Waals surface area contributed by atoms with Gasteiger partial charge in [0.25, 0.3) is 0 Å². The monoisotopic (exact) mass is 300 g/mol. The minimum Gasteiger partial charge on any atom is -0.340 e. The molecule has 4 nitrogen and oxygen atoms in total. The van der Waals surface area contributed by atoms with E-state index in [4.69, 9.17) is 0 Å². The first-order valence-electron chi connectivity index (χ1n) is 7.46. The lowest BCUT2D eigenvalue weighted by Gasteiger charge is -2.48. The number of piperazine rings is 1. The molecule has 1 heterocycles. The molecular weight excluding hydrogens is 272 g/mol. The Morgan fingerprint density at radius 1 is 1.35 bits per heavy atom. The summed E-state index contributed by atoms with van der Waals surface area (Å²) >= 11 is 1.73. The van der Waals surface area contributed by atoms with Crippen molar-refractivity contribution in [2.24, 2.45) is 5.92 Å². The number of amides is 2. The summed E-state index contributed by atoms with van der Waals surface area (Å²) in [4.78, 5) is 27.3. The zero-order chi connectivity index (χ0) is 15.5. The van der Waals surface area contributed by atoms with Gasteiger partial charge in [-0.1, -0.05) is 27.7 Å². The molecule has 1 saturated heterocycles. The van der Waals surface area contributed by atoms with E-state index in [1.807, 2.05) is 38.9 Å². The van der Waals surface area contributed by atoms with E-state index in [0.29, 0.717) is 6.42 Å². The molecule has 1 N–H and O–H groups in total. The molecule has 116 valence electrons. The summed E-state index contributed by atoms with van der Waals surface area (Å²) in [6.45, 7) is 9.88. The van der Waals surface area contributed by atoms with Crippen LogP contribution in [0.3, 0.4) is 0 Å². The predicted octanol–water partition coefficient (Wildman–Crippen LogP) is 2.28. The van der Waals surface area contributed by atoms with Crippen LogP contribution in [0, 0.1) is 5.92 Å². The normalized spacial score (nSPS) is 28.8. The molecule has 2 amide bonds. The van der Waals surface area contributed by atoms with E-state index in [9.17, 15) is 9.59 Å². The summed E-state index contributed by atoms with van der Waals surface area (Å²) < 4.78 is 0. The number of nitrogens with zero attached hydrogens (tertiary/aromatic N) is 1. The van der Waals surface area contributed by atoms with Gasteiger partial charge in [-0.15, -0.1) is 0 Å². The molecule has 0 spiro atoms. The second-order valence-corrected chi connectivity index (χ2v) is 7.00. The minimum absolute atomic E-state index is 0.0106. The van der Waals surface area contributed by atoms with Crippen LogP contribution in [-0.4, -0.2) is 46.3 Å². The van der Waals surface area contributed by atoms with Crippen LogP contribution in [0.5, 0.6) is 0 Å². The van der Waals surface area contributed by atoms with Crippen molar-refractivity contribution in [3.05, 3.63) is 0 Å². The van der Waals surface area contributed by atoms with Gasteiger partial charge in [0.1, 0.15) is 11.6 Å². The van der Waals surface area contributed by atoms with E-state index in [1.165, 1.54) is 0 Å². The molecule has 0 saturated carbocycles. The number of hydrogen-bond donors (Lipinski definition) is 1. The molecule has 20 heavy (non-hydrogen) atoms. The summed E-state index contributed by atoms with van der Waals surface area (Å²) in [5, 5.41) is 2.94. The van der Waals surface area contributed by atoms with Crippen LogP contribution in [0.25, 0.3) is 0 Å². The van der Waals surface area contributed by atoms with Crippen molar-refractivity contribution in [3.63, 3.8) is 0 Å². The van der Waals surface area contributed by atoms with Crippen LogP contribution in [0.2, 0.25) is 0 Å². The second kappa shape index (κ2) is 6.83. The molecule has 0 bridgehead atoms. The van der Waals surface area contributed by atoms with E-state index in [-0.39, 0.29) is 29.8 Å². The highest BCUT2D eigenvalue weighted by molar-refractivity contribution is 7.98.